The van der Waals surface area contributed by atoms with Crippen LogP contribution in [-0.4, -0.2) is 41.1 Å². The zero-order valence-electron chi connectivity index (χ0n) is 11.8. The van der Waals surface area contributed by atoms with Crippen LogP contribution < -0.4 is 4.74 Å². The third-order valence-corrected chi connectivity index (χ3v) is 3.51. The molecule has 0 aromatic heterocycles. The maximum absolute atomic E-state index is 13.6. The lowest BCUT2D eigenvalue weighted by molar-refractivity contribution is -0.138. The fourth-order valence-electron chi connectivity index (χ4n) is 2.42. The Kier molecular flexibility index (Phi) is 4.77. The number of carboxylic acid groups (broad SMARTS) is 1. The van der Waals surface area contributed by atoms with Gasteiger partial charge >= 0.3 is 5.97 Å². The second kappa shape index (κ2) is 6.56. The normalized spacial score (nSPS) is 16.4. The number of nitrogens with zero attached hydrogens (tertiary/aromatic N) is 1. The second-order valence-electron chi connectivity index (χ2n) is 5.06. The van der Waals surface area contributed by atoms with Crippen molar-refractivity contribution in [3.63, 3.8) is 0 Å². The van der Waals surface area contributed by atoms with Crippen LogP contribution in [-0.2, 0) is 4.79 Å². The Morgan fingerprint density at radius 3 is 2.57 bits per heavy atom. The van der Waals surface area contributed by atoms with E-state index >= 15 is 0 Å². The molecule has 1 N–H and O–H groups in total. The van der Waals surface area contributed by atoms with Crippen molar-refractivity contribution in [2.75, 3.05) is 13.1 Å². The van der Waals surface area contributed by atoms with Gasteiger partial charge < -0.3 is 14.7 Å². The number of ether oxygens (including phenoxy) is 1. The molecule has 114 valence electrons. The molecule has 1 atom stereocenters. The second-order valence-corrected chi connectivity index (χ2v) is 5.06. The van der Waals surface area contributed by atoms with Crippen molar-refractivity contribution in [3.8, 4) is 5.75 Å². The molecule has 1 saturated heterocycles. The number of rotatable bonds is 4. The van der Waals surface area contributed by atoms with E-state index in [1.165, 1.54) is 12.1 Å². The van der Waals surface area contributed by atoms with E-state index in [1.807, 2.05) is 0 Å². The molecule has 1 heterocycles. The molecule has 1 aliphatic rings. The first-order chi connectivity index (χ1) is 10.0. The van der Waals surface area contributed by atoms with Gasteiger partial charge in [-0.1, -0.05) is 6.07 Å². The van der Waals surface area contributed by atoms with Crippen LogP contribution >= 0.6 is 0 Å². The molecule has 1 aromatic rings. The fourth-order valence-corrected chi connectivity index (χ4v) is 2.42. The predicted octanol–water partition coefficient (Wildman–Crippen LogP) is 2.30. The van der Waals surface area contributed by atoms with E-state index in [-0.39, 0.29) is 11.7 Å². The molecule has 6 heteroatoms. The van der Waals surface area contributed by atoms with Gasteiger partial charge in [-0.25, -0.2) is 9.18 Å². The Balaban J connectivity index is 2.12. The Labute approximate surface area is 122 Å². The summed E-state index contributed by atoms with van der Waals surface area (Å²) in [5, 5.41) is 9.03. The highest BCUT2D eigenvalue weighted by Gasteiger charge is 2.26. The number of benzene rings is 1. The number of hydrogen-bond acceptors (Lipinski definition) is 3. The molecule has 0 bridgehead atoms. The minimum Gasteiger partial charge on any atom is -0.480 e. The highest BCUT2D eigenvalue weighted by atomic mass is 19.1. The van der Waals surface area contributed by atoms with Crippen LogP contribution in [0.25, 0.3) is 0 Å². The van der Waals surface area contributed by atoms with E-state index in [9.17, 15) is 14.0 Å². The quantitative estimate of drug-likeness (QED) is 0.925. The van der Waals surface area contributed by atoms with Gasteiger partial charge in [-0.15, -0.1) is 0 Å². The molecule has 2 rings (SSSR count). The van der Waals surface area contributed by atoms with E-state index in [4.69, 9.17) is 9.84 Å². The fraction of sp³-hybridized carbons (Fsp3) is 0.467. The highest BCUT2D eigenvalue weighted by molar-refractivity contribution is 5.91. The summed E-state index contributed by atoms with van der Waals surface area (Å²) in [6.45, 7) is 2.91. The van der Waals surface area contributed by atoms with Gasteiger partial charge in [0, 0.05) is 13.1 Å². The summed E-state index contributed by atoms with van der Waals surface area (Å²) >= 11 is 0. The van der Waals surface area contributed by atoms with E-state index in [0.717, 1.165) is 25.3 Å². The zero-order valence-corrected chi connectivity index (χ0v) is 11.8. The van der Waals surface area contributed by atoms with Gasteiger partial charge in [-0.3, -0.25) is 4.79 Å². The molecule has 1 aliphatic heterocycles. The standard InChI is InChI=1S/C15H18FNO4/c1-10(14(18)17-8-3-2-4-9-17)21-12-7-5-6-11(16)13(12)15(19)20/h5-7,10H,2-4,8-9H2,1H3,(H,19,20). The Morgan fingerprint density at radius 1 is 1.29 bits per heavy atom. The number of halogens is 1. The van der Waals surface area contributed by atoms with E-state index in [0.29, 0.717) is 13.1 Å². The molecular weight excluding hydrogens is 277 g/mol. The van der Waals surface area contributed by atoms with Crippen LogP contribution in [0.5, 0.6) is 5.75 Å². The summed E-state index contributed by atoms with van der Waals surface area (Å²) in [5.41, 5.74) is -0.546. The third-order valence-electron chi connectivity index (χ3n) is 3.51. The van der Waals surface area contributed by atoms with Gasteiger partial charge in [-0.05, 0) is 38.3 Å². The molecule has 0 saturated carbocycles. The summed E-state index contributed by atoms with van der Waals surface area (Å²) < 4.78 is 18.9. The van der Waals surface area contributed by atoms with Crippen molar-refractivity contribution in [2.24, 2.45) is 0 Å². The summed E-state index contributed by atoms with van der Waals surface area (Å²) in [4.78, 5) is 25.0. The summed E-state index contributed by atoms with van der Waals surface area (Å²) in [7, 11) is 0. The predicted molar refractivity (Wildman–Crippen MR) is 73.9 cm³/mol. The van der Waals surface area contributed by atoms with Crippen LogP contribution in [0, 0.1) is 5.82 Å². The van der Waals surface area contributed by atoms with Crippen LogP contribution in [0.1, 0.15) is 36.5 Å². The van der Waals surface area contributed by atoms with Crippen LogP contribution in [0.15, 0.2) is 18.2 Å². The largest absolute Gasteiger partial charge is 0.480 e. The molecule has 5 nitrogen and oxygen atoms in total. The summed E-state index contributed by atoms with van der Waals surface area (Å²) in [6.07, 6.45) is 2.17. The Morgan fingerprint density at radius 2 is 1.95 bits per heavy atom. The molecule has 1 fully saturated rings. The molecule has 0 radical (unpaired) electrons. The first-order valence-corrected chi connectivity index (χ1v) is 6.98. The number of hydrogen-bond donors (Lipinski definition) is 1. The van der Waals surface area contributed by atoms with E-state index < -0.39 is 23.5 Å². The van der Waals surface area contributed by atoms with Crippen LogP contribution in [0.4, 0.5) is 4.39 Å². The maximum atomic E-state index is 13.6. The maximum Gasteiger partial charge on any atom is 0.342 e. The summed E-state index contributed by atoms with van der Waals surface area (Å²) in [6, 6.07) is 3.76. The lowest BCUT2D eigenvalue weighted by Gasteiger charge is -2.29. The van der Waals surface area contributed by atoms with E-state index in [2.05, 4.69) is 0 Å². The highest BCUT2D eigenvalue weighted by Crippen LogP contribution is 2.23. The molecule has 1 amide bonds. The van der Waals surface area contributed by atoms with Crippen molar-refractivity contribution in [1.29, 1.82) is 0 Å². The number of amides is 1. The summed E-state index contributed by atoms with van der Waals surface area (Å²) in [5.74, 6) is -2.62. The Bertz CT molecular complexity index is 540. The zero-order chi connectivity index (χ0) is 15.4. The van der Waals surface area contributed by atoms with Gasteiger partial charge in [0.15, 0.2) is 6.10 Å². The first kappa shape index (κ1) is 15.3. The number of piperidine rings is 1. The topological polar surface area (TPSA) is 66.8 Å². The number of carboxylic acids is 1. The van der Waals surface area contributed by atoms with E-state index in [1.54, 1.807) is 11.8 Å². The number of likely N-dealkylation sites (tertiary alicyclic amines) is 1. The molecule has 0 spiro atoms. The average molecular weight is 295 g/mol. The van der Waals surface area contributed by atoms with Gasteiger partial charge in [0.05, 0.1) is 0 Å². The smallest absolute Gasteiger partial charge is 0.342 e. The van der Waals surface area contributed by atoms with Crippen molar-refractivity contribution < 1.29 is 23.8 Å². The number of carbonyl (C=O) groups excluding carboxylic acids is 1. The van der Waals surface area contributed by atoms with Gasteiger partial charge in [0.2, 0.25) is 0 Å². The third kappa shape index (κ3) is 3.51. The first-order valence-electron chi connectivity index (χ1n) is 6.98. The SMILES string of the molecule is CC(Oc1cccc(F)c1C(=O)O)C(=O)N1CCCCC1. The minimum atomic E-state index is -1.42. The van der Waals surface area contributed by atoms with Gasteiger partial charge in [0.25, 0.3) is 5.91 Å². The van der Waals surface area contributed by atoms with Crippen molar-refractivity contribution in [1.82, 2.24) is 4.90 Å². The Hall–Kier alpha value is -2.11. The van der Waals surface area contributed by atoms with Crippen LogP contribution in [0.3, 0.4) is 0 Å². The molecule has 21 heavy (non-hydrogen) atoms. The van der Waals surface area contributed by atoms with Crippen molar-refractivity contribution in [3.05, 3.63) is 29.6 Å². The van der Waals surface area contributed by atoms with Crippen molar-refractivity contribution in [2.45, 2.75) is 32.3 Å². The molecule has 1 unspecified atom stereocenters. The van der Waals surface area contributed by atoms with Crippen LogP contribution in [0.2, 0.25) is 0 Å². The lowest BCUT2D eigenvalue weighted by Crippen LogP contribution is -2.43. The molecular formula is C15H18FNO4. The molecule has 0 aliphatic carbocycles. The monoisotopic (exact) mass is 295 g/mol. The van der Waals surface area contributed by atoms with Gasteiger partial charge in [0.1, 0.15) is 17.1 Å². The minimum absolute atomic E-state index is 0.125. The average Bonchev–Trinajstić information content (AvgIpc) is 2.47. The van der Waals surface area contributed by atoms with Crippen molar-refractivity contribution >= 4 is 11.9 Å². The number of carbonyl (C=O) groups is 2. The number of aromatic carboxylic acids is 1. The molecule has 1 aromatic carbocycles. The van der Waals surface area contributed by atoms with Gasteiger partial charge in [-0.2, -0.15) is 0 Å². The lowest BCUT2D eigenvalue weighted by atomic mass is 10.1.